The summed E-state index contributed by atoms with van der Waals surface area (Å²) in [5, 5.41) is 0.394. The molecule has 162 valence electrons. The number of ether oxygens (including phenoxy) is 2. The molecule has 3 rings (SSSR count). The van der Waals surface area contributed by atoms with Crippen LogP contribution in [-0.2, 0) is 17.9 Å². The first kappa shape index (κ1) is 22.5. The fourth-order valence-electron chi connectivity index (χ4n) is 3.05. The highest BCUT2D eigenvalue weighted by Gasteiger charge is 2.16. The number of carbonyl (C=O) groups is 1. The predicted octanol–water partition coefficient (Wildman–Crippen LogP) is 3.23. The lowest BCUT2D eigenvalue weighted by molar-refractivity contribution is 0.0600. The number of carbonyl (C=O) groups excluding carboxylic acids is 1. The molecular weight excluding hydrogens is 421 g/mol. The second-order valence-corrected chi connectivity index (χ2v) is 7.43. The van der Waals surface area contributed by atoms with E-state index in [0.717, 1.165) is 5.56 Å². The van der Waals surface area contributed by atoms with Gasteiger partial charge in [0.2, 0.25) is 5.88 Å². The van der Waals surface area contributed by atoms with Crippen molar-refractivity contribution in [1.82, 2.24) is 9.55 Å². The van der Waals surface area contributed by atoms with E-state index >= 15 is 0 Å². The van der Waals surface area contributed by atoms with Gasteiger partial charge >= 0.3 is 5.97 Å². The zero-order chi connectivity index (χ0) is 22.5. The zero-order valence-corrected chi connectivity index (χ0v) is 18.2. The van der Waals surface area contributed by atoms with Gasteiger partial charge in [-0.05, 0) is 54.1 Å². The number of hydrogen-bond acceptors (Lipinski definition) is 7. The summed E-state index contributed by atoms with van der Waals surface area (Å²) in [5.41, 5.74) is 8.28. The summed E-state index contributed by atoms with van der Waals surface area (Å²) in [5.74, 6) is -0.735. The Kier molecular flexibility index (Phi) is 7.09. The van der Waals surface area contributed by atoms with Gasteiger partial charge in [0.1, 0.15) is 12.4 Å². The molecule has 1 aromatic heterocycles. The minimum absolute atomic E-state index is 0.0912. The van der Waals surface area contributed by atoms with Crippen LogP contribution in [-0.4, -0.2) is 28.9 Å². The Morgan fingerprint density at radius 1 is 1.19 bits per heavy atom. The minimum atomic E-state index is -0.497. The van der Waals surface area contributed by atoms with E-state index in [-0.39, 0.29) is 30.4 Å². The molecule has 1 heterocycles. The van der Waals surface area contributed by atoms with E-state index < -0.39 is 5.97 Å². The summed E-state index contributed by atoms with van der Waals surface area (Å²) in [7, 11) is 1.30. The van der Waals surface area contributed by atoms with E-state index in [4.69, 9.17) is 15.2 Å². The first-order valence-corrected chi connectivity index (χ1v) is 10.6. The van der Waals surface area contributed by atoms with Gasteiger partial charge in [0, 0.05) is 6.54 Å². The van der Waals surface area contributed by atoms with Gasteiger partial charge in [0.05, 0.1) is 24.4 Å². The van der Waals surface area contributed by atoms with E-state index in [9.17, 15) is 14.0 Å². The number of benzene rings is 2. The monoisotopic (exact) mass is 443 g/mol. The van der Waals surface area contributed by atoms with Crippen LogP contribution in [0.5, 0.6) is 5.88 Å². The molecule has 9 heteroatoms. The SMILES string of the molecule is COC(=O)c1ccc(C)c(-n2c(SC)nc(OCc3ccc(F)cc3CN)cc2=O)c1. The number of methoxy groups -OCH3 is 1. The Balaban J connectivity index is 1.97. The first-order valence-electron chi connectivity index (χ1n) is 9.35. The standard InChI is InChI=1S/C22H22FN3O4S/c1-13-4-5-14(21(28)29-2)9-18(13)26-20(27)10-19(25-22(26)31-3)30-12-15-6-7-17(23)8-16(15)11-24/h4-10H,11-12,24H2,1-3H3. The molecule has 7 nitrogen and oxygen atoms in total. The number of nitrogens with zero attached hydrogens (tertiary/aromatic N) is 2. The summed E-state index contributed by atoms with van der Waals surface area (Å²) in [6.07, 6.45) is 1.79. The fraction of sp³-hybridized carbons (Fsp3) is 0.227. The summed E-state index contributed by atoms with van der Waals surface area (Å²) >= 11 is 1.26. The quantitative estimate of drug-likeness (QED) is 0.340. The average molecular weight is 444 g/mol. The third-order valence-electron chi connectivity index (χ3n) is 4.68. The molecule has 0 atom stereocenters. The molecule has 2 aromatic carbocycles. The summed E-state index contributed by atoms with van der Waals surface area (Å²) in [6.45, 7) is 2.09. The van der Waals surface area contributed by atoms with Crippen molar-refractivity contribution in [3.05, 3.63) is 80.9 Å². The van der Waals surface area contributed by atoms with Crippen LogP contribution in [0.1, 0.15) is 27.0 Å². The third-order valence-corrected chi connectivity index (χ3v) is 5.32. The van der Waals surface area contributed by atoms with Gasteiger partial charge in [-0.2, -0.15) is 4.98 Å². The smallest absolute Gasteiger partial charge is 0.337 e. The van der Waals surface area contributed by atoms with Gasteiger partial charge in [0.15, 0.2) is 5.16 Å². The van der Waals surface area contributed by atoms with Gasteiger partial charge in [-0.1, -0.05) is 23.9 Å². The Morgan fingerprint density at radius 3 is 2.65 bits per heavy atom. The fourth-order valence-corrected chi connectivity index (χ4v) is 3.60. The second-order valence-electron chi connectivity index (χ2n) is 6.65. The topological polar surface area (TPSA) is 96.4 Å². The largest absolute Gasteiger partial charge is 0.473 e. The molecule has 0 amide bonds. The second kappa shape index (κ2) is 9.76. The number of aryl methyl sites for hydroxylation is 1. The number of esters is 1. The number of rotatable bonds is 7. The normalized spacial score (nSPS) is 10.7. The van der Waals surface area contributed by atoms with Gasteiger partial charge < -0.3 is 15.2 Å². The van der Waals surface area contributed by atoms with E-state index in [0.29, 0.717) is 27.5 Å². The molecule has 0 aliphatic carbocycles. The highest BCUT2D eigenvalue weighted by atomic mass is 32.2. The van der Waals surface area contributed by atoms with Gasteiger partial charge in [-0.3, -0.25) is 9.36 Å². The van der Waals surface area contributed by atoms with Crippen LogP contribution in [0.3, 0.4) is 0 Å². The molecule has 31 heavy (non-hydrogen) atoms. The summed E-state index contributed by atoms with van der Waals surface area (Å²) in [4.78, 5) is 29.3. The maximum Gasteiger partial charge on any atom is 0.337 e. The molecule has 0 fully saturated rings. The average Bonchev–Trinajstić information content (AvgIpc) is 2.77. The van der Waals surface area contributed by atoms with Gasteiger partial charge in [-0.15, -0.1) is 0 Å². The van der Waals surface area contributed by atoms with E-state index in [1.54, 1.807) is 30.5 Å². The molecular formula is C22H22FN3O4S. The molecule has 0 aliphatic rings. The van der Waals surface area contributed by atoms with Crippen molar-refractivity contribution >= 4 is 17.7 Å². The van der Waals surface area contributed by atoms with Crippen LogP contribution in [0, 0.1) is 12.7 Å². The predicted molar refractivity (Wildman–Crippen MR) is 116 cm³/mol. The summed E-state index contributed by atoms with van der Waals surface area (Å²) in [6, 6.07) is 10.5. The Bertz CT molecular complexity index is 1180. The van der Waals surface area contributed by atoms with Crippen molar-refractivity contribution < 1.29 is 18.7 Å². The zero-order valence-electron chi connectivity index (χ0n) is 17.3. The molecule has 0 spiro atoms. The van der Waals surface area contributed by atoms with Crippen LogP contribution in [0.15, 0.2) is 52.4 Å². The van der Waals surface area contributed by atoms with E-state index in [1.165, 1.54) is 41.6 Å². The van der Waals surface area contributed by atoms with Crippen molar-refractivity contribution in [3.63, 3.8) is 0 Å². The maximum atomic E-state index is 13.4. The van der Waals surface area contributed by atoms with Crippen molar-refractivity contribution in [2.45, 2.75) is 25.2 Å². The number of aromatic nitrogens is 2. The molecule has 0 bridgehead atoms. The van der Waals surface area contributed by atoms with E-state index in [2.05, 4.69) is 4.98 Å². The van der Waals surface area contributed by atoms with Crippen LogP contribution in [0.4, 0.5) is 4.39 Å². The number of halogens is 1. The number of thioether (sulfide) groups is 1. The lowest BCUT2D eigenvalue weighted by atomic mass is 10.1. The van der Waals surface area contributed by atoms with Crippen LogP contribution < -0.4 is 16.0 Å². The maximum absolute atomic E-state index is 13.4. The molecule has 2 N–H and O–H groups in total. The first-order chi connectivity index (χ1) is 14.9. The van der Waals surface area contributed by atoms with Crippen LogP contribution in [0.25, 0.3) is 5.69 Å². The Hall–Kier alpha value is -3.17. The van der Waals surface area contributed by atoms with Crippen molar-refractivity contribution in [3.8, 4) is 11.6 Å². The lowest BCUT2D eigenvalue weighted by Gasteiger charge is -2.15. The molecule has 0 radical (unpaired) electrons. The molecule has 0 saturated carbocycles. The van der Waals surface area contributed by atoms with Gasteiger partial charge in [-0.25, -0.2) is 9.18 Å². The van der Waals surface area contributed by atoms with Crippen molar-refractivity contribution in [1.29, 1.82) is 0 Å². The van der Waals surface area contributed by atoms with Crippen LogP contribution >= 0.6 is 11.8 Å². The molecule has 0 unspecified atom stereocenters. The third kappa shape index (κ3) is 4.95. The van der Waals surface area contributed by atoms with Crippen LogP contribution in [0.2, 0.25) is 0 Å². The molecule has 0 saturated heterocycles. The lowest BCUT2D eigenvalue weighted by Crippen LogP contribution is -2.22. The minimum Gasteiger partial charge on any atom is -0.473 e. The highest BCUT2D eigenvalue weighted by Crippen LogP contribution is 2.23. The van der Waals surface area contributed by atoms with Crippen molar-refractivity contribution in [2.24, 2.45) is 5.73 Å². The summed E-state index contributed by atoms with van der Waals surface area (Å²) < 4.78 is 25.3. The highest BCUT2D eigenvalue weighted by molar-refractivity contribution is 7.98. The number of hydrogen-bond donors (Lipinski definition) is 1. The van der Waals surface area contributed by atoms with Crippen molar-refractivity contribution in [2.75, 3.05) is 13.4 Å². The van der Waals surface area contributed by atoms with Gasteiger partial charge in [0.25, 0.3) is 5.56 Å². The molecule has 3 aromatic rings. The van der Waals surface area contributed by atoms with E-state index in [1.807, 2.05) is 6.92 Å². The Labute approximate surface area is 183 Å². The molecule has 0 aliphatic heterocycles. The number of nitrogens with two attached hydrogens (primary N) is 1. The Morgan fingerprint density at radius 2 is 1.97 bits per heavy atom.